The van der Waals surface area contributed by atoms with Gasteiger partial charge in [0.1, 0.15) is 5.78 Å². The van der Waals surface area contributed by atoms with E-state index in [-0.39, 0.29) is 5.92 Å². The topological polar surface area (TPSA) is 43.1 Å². The third kappa shape index (κ3) is 3.60. The molecule has 0 aromatic carbocycles. The number of Topliss-reactive ketones (excluding diaryl/α,β-unsaturated/α-hetero) is 1. The van der Waals surface area contributed by atoms with Gasteiger partial charge in [-0.25, -0.2) is 0 Å². The molecule has 0 saturated carbocycles. The molecule has 0 spiro atoms. The molecule has 0 bridgehead atoms. The van der Waals surface area contributed by atoms with Gasteiger partial charge in [0.15, 0.2) is 0 Å². The first-order valence-electron chi connectivity index (χ1n) is 4.99. The Hall–Kier alpha value is -0.670. The Morgan fingerprint density at radius 2 is 2.43 bits per heavy atom. The maximum absolute atomic E-state index is 11.7. The van der Waals surface area contributed by atoms with Crippen LogP contribution >= 0.6 is 11.3 Å². The molecule has 0 radical (unpaired) electrons. The average Bonchev–Trinajstić information content (AvgIpc) is 2.66. The van der Waals surface area contributed by atoms with Gasteiger partial charge in [0.05, 0.1) is 0 Å². The van der Waals surface area contributed by atoms with Crippen LogP contribution in [-0.4, -0.2) is 12.3 Å². The first kappa shape index (κ1) is 11.4. The molecule has 0 fully saturated rings. The molecule has 0 saturated heterocycles. The summed E-state index contributed by atoms with van der Waals surface area (Å²) in [5.74, 6) is 0.488. The molecular formula is C11H17NOS. The quantitative estimate of drug-likeness (QED) is 0.784. The zero-order chi connectivity index (χ0) is 10.4. The van der Waals surface area contributed by atoms with E-state index in [1.807, 2.05) is 24.4 Å². The van der Waals surface area contributed by atoms with Gasteiger partial charge in [-0.1, -0.05) is 13.0 Å². The van der Waals surface area contributed by atoms with Crippen molar-refractivity contribution in [2.75, 3.05) is 6.54 Å². The smallest absolute Gasteiger partial charge is 0.140 e. The number of thiophene rings is 1. The Balaban J connectivity index is 2.34. The molecule has 78 valence electrons. The number of nitrogens with two attached hydrogens (primary N) is 1. The van der Waals surface area contributed by atoms with Crippen LogP contribution in [0.3, 0.4) is 0 Å². The van der Waals surface area contributed by atoms with E-state index < -0.39 is 0 Å². The van der Waals surface area contributed by atoms with E-state index in [1.165, 1.54) is 0 Å². The summed E-state index contributed by atoms with van der Waals surface area (Å²) in [5.41, 5.74) is 5.40. The number of carbonyl (C=O) groups is 1. The van der Waals surface area contributed by atoms with E-state index in [4.69, 9.17) is 5.73 Å². The van der Waals surface area contributed by atoms with Gasteiger partial charge in [0, 0.05) is 17.2 Å². The highest BCUT2D eigenvalue weighted by Gasteiger charge is 2.12. The highest BCUT2D eigenvalue weighted by molar-refractivity contribution is 7.10. The summed E-state index contributed by atoms with van der Waals surface area (Å²) < 4.78 is 0. The second kappa shape index (κ2) is 5.94. The van der Waals surface area contributed by atoms with Crippen molar-refractivity contribution in [1.82, 2.24) is 0 Å². The zero-order valence-electron chi connectivity index (χ0n) is 8.53. The second-order valence-electron chi connectivity index (χ2n) is 3.55. The number of hydrogen-bond donors (Lipinski definition) is 1. The number of hydrogen-bond acceptors (Lipinski definition) is 3. The monoisotopic (exact) mass is 211 g/mol. The van der Waals surface area contributed by atoms with Crippen molar-refractivity contribution in [3.63, 3.8) is 0 Å². The fourth-order valence-electron chi connectivity index (χ4n) is 1.34. The van der Waals surface area contributed by atoms with Crippen molar-refractivity contribution in [2.24, 2.45) is 11.7 Å². The van der Waals surface area contributed by atoms with Gasteiger partial charge in [-0.3, -0.25) is 4.79 Å². The molecule has 1 rings (SSSR count). The third-order valence-corrected chi connectivity index (χ3v) is 3.20. The number of ketones is 1. The Labute approximate surface area is 89.1 Å². The van der Waals surface area contributed by atoms with E-state index in [0.29, 0.717) is 18.7 Å². The molecule has 1 atom stereocenters. The summed E-state index contributed by atoms with van der Waals surface area (Å²) >= 11 is 1.65. The van der Waals surface area contributed by atoms with Crippen molar-refractivity contribution in [3.05, 3.63) is 22.4 Å². The summed E-state index contributed by atoms with van der Waals surface area (Å²) in [6.07, 6.45) is 2.45. The van der Waals surface area contributed by atoms with E-state index in [2.05, 4.69) is 0 Å². The Kier molecular flexibility index (Phi) is 4.84. The molecule has 1 unspecified atom stereocenters. The van der Waals surface area contributed by atoms with Gasteiger partial charge in [-0.2, -0.15) is 0 Å². The third-order valence-electron chi connectivity index (χ3n) is 2.32. The molecule has 0 aliphatic heterocycles. The van der Waals surface area contributed by atoms with Crippen LogP contribution in [0.15, 0.2) is 17.5 Å². The Morgan fingerprint density at radius 1 is 1.64 bits per heavy atom. The normalized spacial score (nSPS) is 12.7. The van der Waals surface area contributed by atoms with E-state index in [9.17, 15) is 4.79 Å². The van der Waals surface area contributed by atoms with E-state index >= 15 is 0 Å². The minimum Gasteiger partial charge on any atom is -0.330 e. The van der Waals surface area contributed by atoms with Gasteiger partial charge in [-0.15, -0.1) is 11.3 Å². The maximum atomic E-state index is 11.7. The standard InChI is InChI=1S/C11H17NOS/c1-9(4-2-6-12)11(13)8-10-5-3-7-14-10/h3,5,7,9H,2,4,6,8,12H2,1H3. The van der Waals surface area contributed by atoms with Crippen LogP contribution in [-0.2, 0) is 11.2 Å². The molecule has 0 aliphatic carbocycles. The largest absolute Gasteiger partial charge is 0.330 e. The summed E-state index contributed by atoms with van der Waals surface area (Å²) in [4.78, 5) is 12.8. The molecule has 3 heteroatoms. The highest BCUT2D eigenvalue weighted by atomic mass is 32.1. The van der Waals surface area contributed by atoms with Crippen LogP contribution in [0.5, 0.6) is 0 Å². The predicted molar refractivity (Wildman–Crippen MR) is 60.5 cm³/mol. The van der Waals surface area contributed by atoms with Gasteiger partial charge < -0.3 is 5.73 Å². The lowest BCUT2D eigenvalue weighted by molar-refractivity contribution is -0.121. The summed E-state index contributed by atoms with van der Waals surface area (Å²) in [7, 11) is 0. The molecule has 0 amide bonds. The Morgan fingerprint density at radius 3 is 3.00 bits per heavy atom. The van der Waals surface area contributed by atoms with Crippen LogP contribution in [0, 0.1) is 5.92 Å². The van der Waals surface area contributed by atoms with Crippen LogP contribution in [0.25, 0.3) is 0 Å². The Bertz CT molecular complexity index is 269. The van der Waals surface area contributed by atoms with Gasteiger partial charge in [0.2, 0.25) is 0 Å². The lowest BCUT2D eigenvalue weighted by atomic mass is 9.98. The molecule has 1 aromatic rings. The number of carbonyl (C=O) groups excluding carboxylic acids is 1. The maximum Gasteiger partial charge on any atom is 0.140 e. The molecule has 2 nitrogen and oxygen atoms in total. The average molecular weight is 211 g/mol. The fourth-order valence-corrected chi connectivity index (χ4v) is 2.06. The molecule has 1 heterocycles. The van der Waals surface area contributed by atoms with Crippen molar-refractivity contribution in [2.45, 2.75) is 26.2 Å². The summed E-state index contributed by atoms with van der Waals surface area (Å²) in [6.45, 7) is 2.67. The van der Waals surface area contributed by atoms with Crippen LogP contribution < -0.4 is 5.73 Å². The molecule has 0 aliphatic rings. The summed E-state index contributed by atoms with van der Waals surface area (Å²) in [5, 5.41) is 2.01. The minimum atomic E-state index is 0.153. The highest BCUT2D eigenvalue weighted by Crippen LogP contribution is 2.14. The van der Waals surface area contributed by atoms with Gasteiger partial charge in [-0.05, 0) is 30.8 Å². The van der Waals surface area contributed by atoms with Gasteiger partial charge in [0.25, 0.3) is 0 Å². The molecule has 1 aromatic heterocycles. The van der Waals surface area contributed by atoms with Crippen molar-refractivity contribution < 1.29 is 4.79 Å². The predicted octanol–water partition coefficient (Wildman–Crippen LogP) is 2.23. The summed E-state index contributed by atoms with van der Waals surface area (Å²) in [6, 6.07) is 4.00. The zero-order valence-corrected chi connectivity index (χ0v) is 9.35. The lowest BCUT2D eigenvalue weighted by Gasteiger charge is -2.08. The molecule has 2 N–H and O–H groups in total. The fraction of sp³-hybridized carbons (Fsp3) is 0.545. The second-order valence-corrected chi connectivity index (χ2v) is 4.59. The van der Waals surface area contributed by atoms with E-state index in [1.54, 1.807) is 11.3 Å². The van der Waals surface area contributed by atoms with Crippen LogP contribution in [0.2, 0.25) is 0 Å². The van der Waals surface area contributed by atoms with Gasteiger partial charge >= 0.3 is 0 Å². The van der Waals surface area contributed by atoms with Crippen molar-refractivity contribution in [3.8, 4) is 0 Å². The first-order chi connectivity index (χ1) is 6.74. The van der Waals surface area contributed by atoms with Crippen LogP contribution in [0.4, 0.5) is 0 Å². The number of rotatable bonds is 6. The minimum absolute atomic E-state index is 0.153. The lowest BCUT2D eigenvalue weighted by Crippen LogP contribution is -2.14. The van der Waals surface area contributed by atoms with Crippen molar-refractivity contribution in [1.29, 1.82) is 0 Å². The first-order valence-corrected chi connectivity index (χ1v) is 5.87. The van der Waals surface area contributed by atoms with E-state index in [0.717, 1.165) is 17.7 Å². The SMILES string of the molecule is CC(CCCN)C(=O)Cc1cccs1. The molecular weight excluding hydrogens is 194 g/mol. The molecule has 14 heavy (non-hydrogen) atoms. The van der Waals surface area contributed by atoms with Crippen LogP contribution in [0.1, 0.15) is 24.6 Å². The van der Waals surface area contributed by atoms with Crippen molar-refractivity contribution >= 4 is 17.1 Å².